The summed E-state index contributed by atoms with van der Waals surface area (Å²) in [5.41, 5.74) is 0.587. The van der Waals surface area contributed by atoms with Crippen LogP contribution in [0.1, 0.15) is 32.4 Å². The summed E-state index contributed by atoms with van der Waals surface area (Å²) < 4.78 is 5.47. The number of amides is 1. The molecule has 2 fully saturated rings. The van der Waals surface area contributed by atoms with Crippen LogP contribution in [-0.2, 0) is 4.74 Å². The molecule has 3 unspecified atom stereocenters. The van der Waals surface area contributed by atoms with E-state index in [2.05, 4.69) is 11.0 Å². The summed E-state index contributed by atoms with van der Waals surface area (Å²) >= 11 is 0. The van der Waals surface area contributed by atoms with E-state index in [0.29, 0.717) is 11.8 Å². The molecule has 0 radical (unpaired) electrons. The predicted molar refractivity (Wildman–Crippen MR) is 91.2 cm³/mol. The van der Waals surface area contributed by atoms with Gasteiger partial charge in [0.2, 0.25) is 0 Å². The van der Waals surface area contributed by atoms with E-state index in [0.717, 1.165) is 31.7 Å². The normalized spacial score (nSPS) is 25.2. The number of nitrogens with zero attached hydrogens (tertiary/aromatic N) is 3. The predicted octanol–water partition coefficient (Wildman–Crippen LogP) is 3.05. The van der Waals surface area contributed by atoms with Crippen molar-refractivity contribution >= 4 is 6.09 Å². The highest BCUT2D eigenvalue weighted by atomic mass is 16.6. The fraction of sp³-hybridized carbons (Fsp3) is 0.579. The number of carbonyl (C=O) groups is 1. The first-order valence-electron chi connectivity index (χ1n) is 8.54. The second-order valence-corrected chi connectivity index (χ2v) is 7.80. The van der Waals surface area contributed by atoms with E-state index in [1.165, 1.54) is 0 Å². The summed E-state index contributed by atoms with van der Waals surface area (Å²) in [6.07, 6.45) is -0.219. The first-order valence-corrected chi connectivity index (χ1v) is 8.54. The fourth-order valence-electron chi connectivity index (χ4n) is 3.72. The van der Waals surface area contributed by atoms with Crippen molar-refractivity contribution in [3.8, 4) is 6.07 Å². The van der Waals surface area contributed by atoms with Crippen LogP contribution in [0.3, 0.4) is 0 Å². The molecule has 128 valence electrons. The van der Waals surface area contributed by atoms with Crippen LogP contribution >= 0.6 is 0 Å². The quantitative estimate of drug-likeness (QED) is 0.838. The molecule has 3 rings (SSSR count). The minimum absolute atomic E-state index is 0.202. The third-order valence-corrected chi connectivity index (χ3v) is 4.77. The van der Waals surface area contributed by atoms with Gasteiger partial charge in [-0.15, -0.1) is 0 Å². The zero-order valence-corrected chi connectivity index (χ0v) is 14.6. The van der Waals surface area contributed by atoms with Crippen molar-refractivity contribution in [1.82, 2.24) is 9.80 Å². The van der Waals surface area contributed by atoms with Crippen molar-refractivity contribution in [2.24, 2.45) is 11.8 Å². The summed E-state index contributed by atoms with van der Waals surface area (Å²) in [4.78, 5) is 16.3. The molecule has 1 aromatic rings. The van der Waals surface area contributed by atoms with Crippen LogP contribution in [0.2, 0.25) is 0 Å². The number of fused-ring (bicyclic) bond motifs is 1. The molecule has 0 N–H and O–H groups in total. The zero-order chi connectivity index (χ0) is 17.3. The van der Waals surface area contributed by atoms with Crippen molar-refractivity contribution < 1.29 is 9.53 Å². The van der Waals surface area contributed by atoms with Crippen molar-refractivity contribution in [3.63, 3.8) is 0 Å². The van der Waals surface area contributed by atoms with E-state index < -0.39 is 5.60 Å². The summed E-state index contributed by atoms with van der Waals surface area (Å²) in [5.74, 6) is 0.856. The first kappa shape index (κ1) is 16.8. The van der Waals surface area contributed by atoms with Gasteiger partial charge in [-0.05, 0) is 38.2 Å². The van der Waals surface area contributed by atoms with Gasteiger partial charge in [0.1, 0.15) is 11.6 Å². The van der Waals surface area contributed by atoms with Gasteiger partial charge in [-0.25, -0.2) is 4.79 Å². The Morgan fingerprint density at radius 1 is 1.17 bits per heavy atom. The molecular formula is C19H25N3O2. The van der Waals surface area contributed by atoms with Gasteiger partial charge in [0, 0.05) is 26.2 Å². The monoisotopic (exact) mass is 327 g/mol. The summed E-state index contributed by atoms with van der Waals surface area (Å²) in [5, 5.41) is 9.59. The molecule has 1 aromatic carbocycles. The van der Waals surface area contributed by atoms with Gasteiger partial charge in [0.15, 0.2) is 0 Å². The van der Waals surface area contributed by atoms with E-state index in [1.54, 1.807) is 0 Å². The molecule has 2 heterocycles. The highest BCUT2D eigenvalue weighted by Crippen LogP contribution is 2.36. The lowest BCUT2D eigenvalue weighted by atomic mass is 10.0. The molecule has 0 saturated carbocycles. The maximum atomic E-state index is 12.2. The van der Waals surface area contributed by atoms with Gasteiger partial charge >= 0.3 is 6.09 Å². The number of likely N-dealkylation sites (tertiary alicyclic amines) is 2. The second kappa shape index (κ2) is 6.45. The molecule has 2 aliphatic heterocycles. The fourth-order valence-corrected chi connectivity index (χ4v) is 3.72. The lowest BCUT2D eigenvalue weighted by Crippen LogP contribution is -2.38. The Kier molecular flexibility index (Phi) is 4.51. The molecule has 0 aromatic heterocycles. The number of hydrogen-bond donors (Lipinski definition) is 0. The highest BCUT2D eigenvalue weighted by Gasteiger charge is 2.44. The maximum absolute atomic E-state index is 12.2. The van der Waals surface area contributed by atoms with Crippen LogP contribution in [0.15, 0.2) is 30.3 Å². The van der Waals surface area contributed by atoms with Crippen LogP contribution in [0.4, 0.5) is 4.79 Å². The van der Waals surface area contributed by atoms with Gasteiger partial charge in [0.05, 0.1) is 6.07 Å². The average Bonchev–Trinajstić information content (AvgIpc) is 3.06. The molecule has 5 heteroatoms. The molecule has 2 aliphatic rings. The van der Waals surface area contributed by atoms with Gasteiger partial charge in [-0.3, -0.25) is 4.90 Å². The van der Waals surface area contributed by atoms with Gasteiger partial charge < -0.3 is 9.64 Å². The van der Waals surface area contributed by atoms with E-state index >= 15 is 0 Å². The molecule has 0 aliphatic carbocycles. The summed E-state index contributed by atoms with van der Waals surface area (Å²) in [6.45, 7) is 8.84. The number of hydrogen-bond acceptors (Lipinski definition) is 4. The third-order valence-electron chi connectivity index (χ3n) is 4.77. The topological polar surface area (TPSA) is 56.6 Å². The molecule has 1 amide bonds. The Bertz CT molecular complexity index is 618. The Morgan fingerprint density at radius 3 is 2.25 bits per heavy atom. The molecule has 0 spiro atoms. The highest BCUT2D eigenvalue weighted by molar-refractivity contribution is 5.68. The van der Waals surface area contributed by atoms with Crippen molar-refractivity contribution in [2.75, 3.05) is 26.2 Å². The van der Waals surface area contributed by atoms with E-state index in [-0.39, 0.29) is 12.1 Å². The Labute approximate surface area is 143 Å². The number of benzene rings is 1. The Hall–Kier alpha value is -2.06. The second-order valence-electron chi connectivity index (χ2n) is 7.80. The third kappa shape index (κ3) is 3.54. The molecule has 3 atom stereocenters. The first-order chi connectivity index (χ1) is 11.4. The van der Waals surface area contributed by atoms with E-state index in [1.807, 2.05) is 56.0 Å². The van der Waals surface area contributed by atoms with Crippen LogP contribution in [0.25, 0.3) is 0 Å². The van der Waals surface area contributed by atoms with Crippen molar-refractivity contribution in [1.29, 1.82) is 5.26 Å². The minimum Gasteiger partial charge on any atom is -0.444 e. The average molecular weight is 327 g/mol. The summed E-state index contributed by atoms with van der Waals surface area (Å²) in [6, 6.07) is 12.2. The molecule has 0 bridgehead atoms. The lowest BCUT2D eigenvalue weighted by Gasteiger charge is -2.27. The summed E-state index contributed by atoms with van der Waals surface area (Å²) in [7, 11) is 0. The number of ether oxygens (including phenoxy) is 1. The standard InChI is InChI=1S/C19H25N3O2/c1-19(2,3)24-18(23)22-12-15-10-21(11-16(15)13-22)17(9-20)14-7-5-4-6-8-14/h4-8,15-17H,10-13H2,1-3H3. The number of nitriles is 1. The molecule has 24 heavy (non-hydrogen) atoms. The number of carbonyl (C=O) groups excluding carboxylic acids is 1. The molecular weight excluding hydrogens is 302 g/mol. The SMILES string of the molecule is CC(C)(C)OC(=O)N1CC2CN(C(C#N)c3ccccc3)CC2C1. The van der Waals surface area contributed by atoms with Crippen molar-refractivity contribution in [3.05, 3.63) is 35.9 Å². The number of rotatable bonds is 2. The van der Waals surface area contributed by atoms with Crippen molar-refractivity contribution in [2.45, 2.75) is 32.4 Å². The van der Waals surface area contributed by atoms with Gasteiger partial charge in [0.25, 0.3) is 0 Å². The Morgan fingerprint density at radius 2 is 1.75 bits per heavy atom. The van der Waals surface area contributed by atoms with Crippen LogP contribution < -0.4 is 0 Å². The Balaban J connectivity index is 1.61. The largest absolute Gasteiger partial charge is 0.444 e. The zero-order valence-electron chi connectivity index (χ0n) is 14.6. The van der Waals surface area contributed by atoms with Crippen LogP contribution in [0, 0.1) is 23.2 Å². The van der Waals surface area contributed by atoms with Gasteiger partial charge in [-0.2, -0.15) is 5.26 Å². The van der Waals surface area contributed by atoms with Crippen LogP contribution in [0.5, 0.6) is 0 Å². The minimum atomic E-state index is -0.458. The van der Waals surface area contributed by atoms with Gasteiger partial charge in [-0.1, -0.05) is 30.3 Å². The smallest absolute Gasteiger partial charge is 0.410 e. The van der Waals surface area contributed by atoms with E-state index in [4.69, 9.17) is 4.74 Å². The van der Waals surface area contributed by atoms with E-state index in [9.17, 15) is 10.1 Å². The lowest BCUT2D eigenvalue weighted by molar-refractivity contribution is 0.0273. The molecule has 2 saturated heterocycles. The maximum Gasteiger partial charge on any atom is 0.410 e. The van der Waals surface area contributed by atoms with Crippen LogP contribution in [-0.4, -0.2) is 47.7 Å². The molecule has 5 nitrogen and oxygen atoms in total.